The summed E-state index contributed by atoms with van der Waals surface area (Å²) in [7, 11) is -1.52. The van der Waals surface area contributed by atoms with Crippen LogP contribution in [-0.4, -0.2) is 21.3 Å². The maximum Gasteiger partial charge on any atom is 0.191 e. The minimum absolute atomic E-state index is 0.0154. The van der Waals surface area contributed by atoms with Crippen molar-refractivity contribution in [3.63, 3.8) is 0 Å². The molecule has 0 saturated carbocycles. The van der Waals surface area contributed by atoms with Gasteiger partial charge in [-0.2, -0.15) is 0 Å². The minimum atomic E-state index is -3.15. The number of sulfone groups is 1. The van der Waals surface area contributed by atoms with Gasteiger partial charge in [-0.15, -0.1) is 0 Å². The van der Waals surface area contributed by atoms with Gasteiger partial charge in [-0.05, 0) is 31.2 Å². The molecule has 0 unspecified atom stereocenters. The molecule has 3 nitrogen and oxygen atoms in total. The van der Waals surface area contributed by atoms with Gasteiger partial charge < -0.3 is 5.32 Å². The van der Waals surface area contributed by atoms with Gasteiger partial charge in [0.2, 0.25) is 0 Å². The summed E-state index contributed by atoms with van der Waals surface area (Å²) in [5, 5.41) is 2.65. The van der Waals surface area contributed by atoms with Crippen LogP contribution in [-0.2, 0) is 16.3 Å². The summed E-state index contributed by atoms with van der Waals surface area (Å²) < 4.78 is 23.1. The molecule has 0 atom stereocenters. The lowest BCUT2D eigenvalue weighted by molar-refractivity contribution is 0.591. The van der Waals surface area contributed by atoms with Crippen LogP contribution in [0.25, 0.3) is 0 Å². The van der Waals surface area contributed by atoms with Crippen LogP contribution in [0.2, 0.25) is 0 Å². The summed E-state index contributed by atoms with van der Waals surface area (Å²) in [5.74, 6) is -0.0154. The Morgan fingerprint density at radius 2 is 1.79 bits per heavy atom. The van der Waals surface area contributed by atoms with E-state index in [0.717, 1.165) is 12.0 Å². The average molecular weight is 213 g/mol. The largest absolute Gasteiger partial charge is 0.306 e. The van der Waals surface area contributed by atoms with Crippen LogP contribution in [0.3, 0.4) is 0 Å². The molecular weight excluding hydrogens is 198 g/mol. The molecule has 14 heavy (non-hydrogen) atoms. The van der Waals surface area contributed by atoms with E-state index in [0.29, 0.717) is 4.90 Å². The molecule has 0 aromatic heterocycles. The molecule has 78 valence electrons. The number of hydrogen-bond donors (Lipinski definition) is 1. The zero-order valence-corrected chi connectivity index (χ0v) is 9.26. The molecule has 1 aromatic carbocycles. The number of hydrogen-bond acceptors (Lipinski definition) is 3. The number of aryl methyl sites for hydroxylation is 1. The van der Waals surface area contributed by atoms with Crippen LogP contribution in [0, 0.1) is 0 Å². The molecule has 0 saturated heterocycles. The highest BCUT2D eigenvalue weighted by Crippen LogP contribution is 2.11. The van der Waals surface area contributed by atoms with E-state index in [4.69, 9.17) is 0 Å². The third-order valence-corrected chi connectivity index (χ3v) is 3.68. The highest BCUT2D eigenvalue weighted by molar-refractivity contribution is 7.91. The first-order valence-corrected chi connectivity index (χ1v) is 6.21. The van der Waals surface area contributed by atoms with Gasteiger partial charge in [-0.25, -0.2) is 8.42 Å². The van der Waals surface area contributed by atoms with Crippen molar-refractivity contribution in [1.82, 2.24) is 5.32 Å². The quantitative estimate of drug-likeness (QED) is 0.817. The lowest BCUT2D eigenvalue weighted by Gasteiger charge is -2.03. The fourth-order valence-electron chi connectivity index (χ4n) is 1.21. The zero-order valence-electron chi connectivity index (χ0n) is 8.45. The summed E-state index contributed by atoms with van der Waals surface area (Å²) in [6.45, 7) is 2.04. The molecule has 0 heterocycles. The summed E-state index contributed by atoms with van der Waals surface area (Å²) >= 11 is 0. The normalized spacial score (nSPS) is 11.6. The molecule has 0 amide bonds. The second kappa shape index (κ2) is 4.57. The van der Waals surface area contributed by atoms with Crippen molar-refractivity contribution in [3.05, 3.63) is 29.8 Å². The number of benzene rings is 1. The number of nitrogens with one attached hydrogen (secondary N) is 1. The SMILES string of the molecule is CCc1ccc(S(=O)(=O)CNC)cc1. The predicted molar refractivity (Wildman–Crippen MR) is 56.9 cm³/mol. The van der Waals surface area contributed by atoms with Crippen LogP contribution in [0.15, 0.2) is 29.2 Å². The van der Waals surface area contributed by atoms with E-state index in [9.17, 15) is 8.42 Å². The van der Waals surface area contributed by atoms with Crippen molar-refractivity contribution < 1.29 is 8.42 Å². The maximum atomic E-state index is 11.6. The molecule has 1 rings (SSSR count). The van der Waals surface area contributed by atoms with Crippen molar-refractivity contribution in [2.24, 2.45) is 0 Å². The second-order valence-electron chi connectivity index (χ2n) is 3.11. The van der Waals surface area contributed by atoms with E-state index >= 15 is 0 Å². The first kappa shape index (κ1) is 11.2. The predicted octanol–water partition coefficient (Wildman–Crippen LogP) is 1.20. The smallest absolute Gasteiger partial charge is 0.191 e. The van der Waals surface area contributed by atoms with Gasteiger partial charge in [0, 0.05) is 0 Å². The van der Waals surface area contributed by atoms with E-state index in [1.54, 1.807) is 19.2 Å². The standard InChI is InChI=1S/C10H15NO2S/c1-3-9-4-6-10(7-5-9)14(12,13)8-11-2/h4-7,11H,3,8H2,1-2H3. The summed E-state index contributed by atoms with van der Waals surface area (Å²) in [4.78, 5) is 0.379. The van der Waals surface area contributed by atoms with E-state index in [2.05, 4.69) is 5.32 Å². The maximum absolute atomic E-state index is 11.6. The van der Waals surface area contributed by atoms with Gasteiger partial charge in [-0.1, -0.05) is 19.1 Å². The van der Waals surface area contributed by atoms with Crippen molar-refractivity contribution in [3.8, 4) is 0 Å². The Labute approximate surface area is 85.1 Å². The van der Waals surface area contributed by atoms with Crippen molar-refractivity contribution in [1.29, 1.82) is 0 Å². The second-order valence-corrected chi connectivity index (χ2v) is 5.10. The molecule has 0 bridgehead atoms. The van der Waals surface area contributed by atoms with Gasteiger partial charge in [0.1, 0.15) is 5.88 Å². The van der Waals surface area contributed by atoms with Crippen LogP contribution in [0.4, 0.5) is 0 Å². The third-order valence-electron chi connectivity index (χ3n) is 2.03. The monoisotopic (exact) mass is 213 g/mol. The highest BCUT2D eigenvalue weighted by atomic mass is 32.2. The Hall–Kier alpha value is -0.870. The molecule has 1 aromatic rings. The third kappa shape index (κ3) is 2.56. The van der Waals surface area contributed by atoms with E-state index in [1.807, 2.05) is 19.1 Å². The van der Waals surface area contributed by atoms with Crippen LogP contribution in [0.1, 0.15) is 12.5 Å². The summed E-state index contributed by atoms with van der Waals surface area (Å²) in [6.07, 6.45) is 0.923. The minimum Gasteiger partial charge on any atom is -0.306 e. The first-order chi connectivity index (χ1) is 6.60. The Bertz CT molecular complexity index is 381. The van der Waals surface area contributed by atoms with Gasteiger partial charge in [0.25, 0.3) is 0 Å². The Morgan fingerprint density at radius 1 is 1.21 bits per heavy atom. The molecule has 0 aliphatic carbocycles. The summed E-state index contributed by atoms with van der Waals surface area (Å²) in [5.41, 5.74) is 1.15. The average Bonchev–Trinajstić information content (AvgIpc) is 2.18. The highest BCUT2D eigenvalue weighted by Gasteiger charge is 2.11. The van der Waals surface area contributed by atoms with Crippen molar-refractivity contribution in [2.75, 3.05) is 12.9 Å². The fraction of sp³-hybridized carbons (Fsp3) is 0.400. The van der Waals surface area contributed by atoms with Crippen LogP contribution in [0.5, 0.6) is 0 Å². The van der Waals surface area contributed by atoms with Crippen molar-refractivity contribution in [2.45, 2.75) is 18.2 Å². The molecule has 0 aliphatic rings. The molecular formula is C10H15NO2S. The number of rotatable bonds is 4. The summed E-state index contributed by atoms with van der Waals surface area (Å²) in [6, 6.07) is 7.02. The molecule has 0 spiro atoms. The topological polar surface area (TPSA) is 46.2 Å². The van der Waals surface area contributed by atoms with E-state index < -0.39 is 9.84 Å². The first-order valence-electron chi connectivity index (χ1n) is 4.56. The molecule has 0 fully saturated rings. The van der Waals surface area contributed by atoms with Crippen LogP contribution >= 0.6 is 0 Å². The van der Waals surface area contributed by atoms with E-state index in [1.165, 1.54) is 0 Å². The van der Waals surface area contributed by atoms with E-state index in [-0.39, 0.29) is 5.88 Å². The molecule has 1 N–H and O–H groups in total. The van der Waals surface area contributed by atoms with Crippen molar-refractivity contribution >= 4 is 9.84 Å². The van der Waals surface area contributed by atoms with Gasteiger partial charge in [-0.3, -0.25) is 0 Å². The fourth-order valence-corrected chi connectivity index (χ4v) is 2.30. The van der Waals surface area contributed by atoms with Crippen LogP contribution < -0.4 is 5.32 Å². The van der Waals surface area contributed by atoms with Gasteiger partial charge in [0.15, 0.2) is 9.84 Å². The van der Waals surface area contributed by atoms with Gasteiger partial charge >= 0.3 is 0 Å². The lowest BCUT2D eigenvalue weighted by Crippen LogP contribution is -2.18. The Kier molecular flexibility index (Phi) is 3.66. The lowest BCUT2D eigenvalue weighted by atomic mass is 10.2. The van der Waals surface area contributed by atoms with Gasteiger partial charge in [0.05, 0.1) is 4.90 Å². The Morgan fingerprint density at radius 3 is 2.21 bits per heavy atom. The molecule has 4 heteroatoms. The molecule has 0 aliphatic heterocycles. The molecule has 0 radical (unpaired) electrons. The Balaban J connectivity index is 2.97. The zero-order chi connectivity index (χ0) is 10.6.